The normalized spacial score (nSPS) is 30.7. The van der Waals surface area contributed by atoms with Gasteiger partial charge in [0.2, 0.25) is 0 Å². The lowest BCUT2D eigenvalue weighted by molar-refractivity contribution is 0.0694. The standard InChI is InChI=1S/C15H31N3/c1-3-10-18(14-6-7-14)15(13-16)8-5-11-17(4-2)12-9-15/h14H,3-13,16H2,1-2H3. The van der Waals surface area contributed by atoms with Gasteiger partial charge in [0.25, 0.3) is 0 Å². The van der Waals surface area contributed by atoms with Crippen LogP contribution in [0.25, 0.3) is 0 Å². The molecule has 1 saturated carbocycles. The molecule has 3 heteroatoms. The van der Waals surface area contributed by atoms with Gasteiger partial charge in [0.15, 0.2) is 0 Å². The molecule has 0 amide bonds. The summed E-state index contributed by atoms with van der Waals surface area (Å²) >= 11 is 0. The van der Waals surface area contributed by atoms with Crippen molar-refractivity contribution in [2.45, 2.75) is 64.0 Å². The molecule has 1 heterocycles. The second-order valence-electron chi connectivity index (χ2n) is 6.14. The minimum atomic E-state index is 0.307. The van der Waals surface area contributed by atoms with E-state index in [0.29, 0.717) is 5.54 Å². The Bertz CT molecular complexity index is 252. The van der Waals surface area contributed by atoms with Gasteiger partial charge in [0.1, 0.15) is 0 Å². The third-order valence-electron chi connectivity index (χ3n) is 4.90. The summed E-state index contributed by atoms with van der Waals surface area (Å²) in [5.41, 5.74) is 6.54. The van der Waals surface area contributed by atoms with Crippen LogP contribution >= 0.6 is 0 Å². The van der Waals surface area contributed by atoms with Gasteiger partial charge >= 0.3 is 0 Å². The lowest BCUT2D eigenvalue weighted by atomic mass is 9.88. The van der Waals surface area contributed by atoms with E-state index >= 15 is 0 Å². The van der Waals surface area contributed by atoms with Crippen molar-refractivity contribution >= 4 is 0 Å². The van der Waals surface area contributed by atoms with Crippen molar-refractivity contribution in [2.75, 3.05) is 32.7 Å². The molecule has 2 rings (SSSR count). The first kappa shape index (κ1) is 14.3. The van der Waals surface area contributed by atoms with E-state index in [2.05, 4.69) is 23.6 Å². The van der Waals surface area contributed by atoms with E-state index < -0.39 is 0 Å². The molecule has 18 heavy (non-hydrogen) atoms. The molecular weight excluding hydrogens is 222 g/mol. The second-order valence-corrected chi connectivity index (χ2v) is 6.14. The fourth-order valence-electron chi connectivity index (χ4n) is 3.59. The van der Waals surface area contributed by atoms with Crippen molar-refractivity contribution in [1.82, 2.24) is 9.80 Å². The Morgan fingerprint density at radius 1 is 1.22 bits per heavy atom. The minimum absolute atomic E-state index is 0.307. The van der Waals surface area contributed by atoms with Gasteiger partial charge in [0, 0.05) is 18.1 Å². The van der Waals surface area contributed by atoms with Gasteiger partial charge in [-0.2, -0.15) is 0 Å². The van der Waals surface area contributed by atoms with Crippen molar-refractivity contribution in [3.63, 3.8) is 0 Å². The topological polar surface area (TPSA) is 32.5 Å². The Labute approximate surface area is 113 Å². The van der Waals surface area contributed by atoms with Crippen LogP contribution in [0, 0.1) is 0 Å². The Morgan fingerprint density at radius 3 is 2.56 bits per heavy atom. The molecule has 0 radical (unpaired) electrons. The average Bonchev–Trinajstić information content (AvgIpc) is 3.22. The van der Waals surface area contributed by atoms with Crippen molar-refractivity contribution in [1.29, 1.82) is 0 Å². The van der Waals surface area contributed by atoms with Crippen molar-refractivity contribution in [2.24, 2.45) is 5.73 Å². The molecule has 1 unspecified atom stereocenters. The number of nitrogens with two attached hydrogens (primary N) is 1. The SMILES string of the molecule is CCCN(C1CC1)C1(CN)CCCN(CC)CC1. The molecule has 0 bridgehead atoms. The second kappa shape index (κ2) is 6.36. The first-order valence-electron chi connectivity index (χ1n) is 7.95. The molecule has 0 aromatic heterocycles. The first-order chi connectivity index (χ1) is 8.75. The van der Waals surface area contributed by atoms with E-state index in [9.17, 15) is 0 Å². The highest BCUT2D eigenvalue weighted by molar-refractivity contribution is 5.00. The summed E-state index contributed by atoms with van der Waals surface area (Å²) in [6.07, 6.45) is 7.95. The molecule has 0 spiro atoms. The zero-order valence-electron chi connectivity index (χ0n) is 12.3. The molecule has 0 aromatic carbocycles. The van der Waals surface area contributed by atoms with E-state index in [1.54, 1.807) is 0 Å². The third-order valence-corrected chi connectivity index (χ3v) is 4.90. The third kappa shape index (κ3) is 3.06. The minimum Gasteiger partial charge on any atom is -0.329 e. The fraction of sp³-hybridized carbons (Fsp3) is 1.00. The van der Waals surface area contributed by atoms with Crippen molar-refractivity contribution in [3.8, 4) is 0 Å². The zero-order chi connectivity index (χ0) is 13.0. The first-order valence-corrected chi connectivity index (χ1v) is 7.95. The van der Waals surface area contributed by atoms with E-state index in [0.717, 1.165) is 12.6 Å². The van der Waals surface area contributed by atoms with Crippen LogP contribution in [0.4, 0.5) is 0 Å². The van der Waals surface area contributed by atoms with Gasteiger partial charge < -0.3 is 10.6 Å². The van der Waals surface area contributed by atoms with Crippen molar-refractivity contribution < 1.29 is 0 Å². The summed E-state index contributed by atoms with van der Waals surface area (Å²) in [6, 6.07) is 0.849. The van der Waals surface area contributed by atoms with E-state index in [1.165, 1.54) is 64.7 Å². The van der Waals surface area contributed by atoms with E-state index in [-0.39, 0.29) is 0 Å². The largest absolute Gasteiger partial charge is 0.329 e. The molecular formula is C15H31N3. The van der Waals surface area contributed by atoms with Crippen LogP contribution in [0.5, 0.6) is 0 Å². The van der Waals surface area contributed by atoms with Gasteiger partial charge in [-0.05, 0) is 64.7 Å². The van der Waals surface area contributed by atoms with Gasteiger partial charge in [-0.15, -0.1) is 0 Å². The van der Waals surface area contributed by atoms with Gasteiger partial charge in [-0.3, -0.25) is 4.90 Å². The number of hydrogen-bond donors (Lipinski definition) is 1. The van der Waals surface area contributed by atoms with Gasteiger partial charge in [0.05, 0.1) is 0 Å². The summed E-state index contributed by atoms with van der Waals surface area (Å²) in [7, 11) is 0. The molecule has 2 fully saturated rings. The lowest BCUT2D eigenvalue weighted by Crippen LogP contribution is -2.55. The maximum Gasteiger partial charge on any atom is 0.0347 e. The monoisotopic (exact) mass is 253 g/mol. The van der Waals surface area contributed by atoms with Crippen LogP contribution in [0.1, 0.15) is 52.4 Å². The Morgan fingerprint density at radius 2 is 2.00 bits per heavy atom. The highest BCUT2D eigenvalue weighted by Gasteiger charge is 2.43. The summed E-state index contributed by atoms with van der Waals surface area (Å²) in [5.74, 6) is 0. The number of hydrogen-bond acceptors (Lipinski definition) is 3. The highest BCUT2D eigenvalue weighted by Crippen LogP contribution is 2.38. The van der Waals surface area contributed by atoms with Crippen LogP contribution in [0.3, 0.4) is 0 Å². The molecule has 3 nitrogen and oxygen atoms in total. The quantitative estimate of drug-likeness (QED) is 0.786. The zero-order valence-corrected chi connectivity index (χ0v) is 12.3. The van der Waals surface area contributed by atoms with E-state index in [4.69, 9.17) is 5.73 Å². The molecule has 2 aliphatic rings. The highest BCUT2D eigenvalue weighted by atomic mass is 15.3. The van der Waals surface area contributed by atoms with E-state index in [1.807, 2.05) is 0 Å². The smallest absolute Gasteiger partial charge is 0.0347 e. The summed E-state index contributed by atoms with van der Waals surface area (Å²) in [6.45, 7) is 10.4. The molecule has 106 valence electrons. The Hall–Kier alpha value is -0.120. The predicted octanol–water partition coefficient (Wildman–Crippen LogP) is 2.06. The van der Waals surface area contributed by atoms with Crippen LogP contribution in [-0.2, 0) is 0 Å². The van der Waals surface area contributed by atoms with Crippen LogP contribution in [0.2, 0.25) is 0 Å². The maximum atomic E-state index is 6.23. The van der Waals surface area contributed by atoms with Gasteiger partial charge in [-0.25, -0.2) is 0 Å². The molecule has 1 saturated heterocycles. The molecule has 1 aliphatic carbocycles. The van der Waals surface area contributed by atoms with Crippen LogP contribution in [0.15, 0.2) is 0 Å². The fourth-order valence-corrected chi connectivity index (χ4v) is 3.59. The van der Waals surface area contributed by atoms with Gasteiger partial charge in [-0.1, -0.05) is 13.8 Å². The van der Waals surface area contributed by atoms with Crippen LogP contribution in [-0.4, -0.2) is 54.1 Å². The summed E-state index contributed by atoms with van der Waals surface area (Å²) in [4.78, 5) is 5.38. The molecule has 2 N–H and O–H groups in total. The Balaban J connectivity index is 2.07. The average molecular weight is 253 g/mol. The number of rotatable bonds is 6. The predicted molar refractivity (Wildman–Crippen MR) is 77.8 cm³/mol. The molecule has 0 aromatic rings. The summed E-state index contributed by atoms with van der Waals surface area (Å²) in [5, 5.41) is 0. The van der Waals surface area contributed by atoms with Crippen molar-refractivity contribution in [3.05, 3.63) is 0 Å². The van der Waals surface area contributed by atoms with Crippen LogP contribution < -0.4 is 5.73 Å². The molecule has 1 aliphatic heterocycles. The maximum absolute atomic E-state index is 6.23. The number of likely N-dealkylation sites (tertiary alicyclic amines) is 1. The molecule has 1 atom stereocenters. The summed E-state index contributed by atoms with van der Waals surface area (Å²) < 4.78 is 0. The Kier molecular flexibility index (Phi) is 5.05. The number of nitrogens with zero attached hydrogens (tertiary/aromatic N) is 2. The lowest BCUT2D eigenvalue weighted by Gasteiger charge is -2.43.